The quantitative estimate of drug-likeness (QED) is 0.202. The number of para-hydroxylation sites is 4. The van der Waals surface area contributed by atoms with Gasteiger partial charge < -0.3 is 9.13 Å². The first-order valence-electron chi connectivity index (χ1n) is 15.5. The van der Waals surface area contributed by atoms with Gasteiger partial charge in [-0.25, -0.2) is 0 Å². The molecule has 0 unspecified atom stereocenters. The van der Waals surface area contributed by atoms with Gasteiger partial charge in [0.25, 0.3) is 0 Å². The van der Waals surface area contributed by atoms with E-state index in [9.17, 15) is 5.26 Å². The maximum absolute atomic E-state index is 10.0. The molecule has 3 nitrogen and oxygen atoms in total. The predicted octanol–water partition coefficient (Wildman–Crippen LogP) is 11.1. The van der Waals surface area contributed by atoms with E-state index in [0.29, 0.717) is 5.56 Å². The summed E-state index contributed by atoms with van der Waals surface area (Å²) in [6.45, 7) is 0. The Hall–Kier alpha value is -6.37. The third-order valence-corrected chi connectivity index (χ3v) is 9.17. The Morgan fingerprint density at radius 1 is 0.391 bits per heavy atom. The van der Waals surface area contributed by atoms with E-state index >= 15 is 0 Å². The molecule has 9 rings (SSSR count). The van der Waals surface area contributed by atoms with Crippen LogP contribution in [0, 0.1) is 11.3 Å². The van der Waals surface area contributed by atoms with Crippen molar-refractivity contribution in [1.29, 1.82) is 5.26 Å². The van der Waals surface area contributed by atoms with Gasteiger partial charge in [-0.05, 0) is 65.2 Å². The lowest BCUT2D eigenvalue weighted by atomic mass is 9.90. The fourth-order valence-corrected chi connectivity index (χ4v) is 7.25. The second kappa shape index (κ2) is 10.4. The van der Waals surface area contributed by atoms with Gasteiger partial charge in [-0.15, -0.1) is 0 Å². The van der Waals surface area contributed by atoms with Gasteiger partial charge in [0.2, 0.25) is 0 Å². The molecule has 0 aliphatic heterocycles. The second-order valence-corrected chi connectivity index (χ2v) is 11.6. The van der Waals surface area contributed by atoms with E-state index in [-0.39, 0.29) is 0 Å². The molecule has 2 heterocycles. The number of nitriles is 1. The summed E-state index contributed by atoms with van der Waals surface area (Å²) in [5.74, 6) is 0. The van der Waals surface area contributed by atoms with Crippen molar-refractivity contribution in [3.8, 4) is 39.7 Å². The highest BCUT2D eigenvalue weighted by Gasteiger charge is 2.21. The average Bonchev–Trinajstić information content (AvgIpc) is 3.65. The molecule has 0 atom stereocenters. The fourth-order valence-electron chi connectivity index (χ4n) is 7.25. The number of benzene rings is 7. The van der Waals surface area contributed by atoms with Crippen LogP contribution >= 0.6 is 0 Å². The lowest BCUT2D eigenvalue weighted by Crippen LogP contribution is -1.99. The Morgan fingerprint density at radius 3 is 1.59 bits per heavy atom. The van der Waals surface area contributed by atoms with E-state index in [4.69, 9.17) is 0 Å². The number of hydrogen-bond acceptors (Lipinski definition) is 1. The van der Waals surface area contributed by atoms with Gasteiger partial charge in [0.05, 0.1) is 39.4 Å². The number of rotatable bonds is 4. The van der Waals surface area contributed by atoms with Crippen LogP contribution in [0.5, 0.6) is 0 Å². The van der Waals surface area contributed by atoms with Crippen LogP contribution < -0.4 is 0 Å². The molecular weight excluding hydrogens is 558 g/mol. The zero-order chi connectivity index (χ0) is 30.6. The third kappa shape index (κ3) is 3.84. The van der Waals surface area contributed by atoms with Crippen LogP contribution in [0.15, 0.2) is 164 Å². The molecule has 2 aromatic heterocycles. The molecule has 0 fully saturated rings. The monoisotopic (exact) mass is 585 g/mol. The minimum Gasteiger partial charge on any atom is -0.309 e. The highest BCUT2D eigenvalue weighted by atomic mass is 15.0. The van der Waals surface area contributed by atoms with Crippen molar-refractivity contribution in [1.82, 2.24) is 9.13 Å². The largest absolute Gasteiger partial charge is 0.309 e. The molecule has 0 radical (unpaired) electrons. The van der Waals surface area contributed by atoms with E-state index < -0.39 is 0 Å². The first kappa shape index (κ1) is 26.1. The Labute approximate surface area is 266 Å². The van der Waals surface area contributed by atoms with Crippen LogP contribution in [0.1, 0.15) is 5.56 Å². The molecule has 46 heavy (non-hydrogen) atoms. The summed E-state index contributed by atoms with van der Waals surface area (Å²) in [4.78, 5) is 0. The first-order valence-corrected chi connectivity index (χ1v) is 15.5. The van der Waals surface area contributed by atoms with Gasteiger partial charge in [0.1, 0.15) is 0 Å². The molecule has 3 heteroatoms. The minimum absolute atomic E-state index is 0.631. The van der Waals surface area contributed by atoms with Crippen molar-refractivity contribution in [3.05, 3.63) is 169 Å². The molecule has 0 spiro atoms. The molecule has 0 aliphatic rings. The van der Waals surface area contributed by atoms with Crippen molar-refractivity contribution < 1.29 is 0 Å². The topological polar surface area (TPSA) is 33.6 Å². The van der Waals surface area contributed by atoms with Crippen LogP contribution in [0.3, 0.4) is 0 Å². The molecule has 7 aromatic carbocycles. The fraction of sp³-hybridized carbons (Fsp3) is 0. The van der Waals surface area contributed by atoms with Gasteiger partial charge in [0.15, 0.2) is 0 Å². The van der Waals surface area contributed by atoms with Crippen LogP contribution in [0.4, 0.5) is 0 Å². The van der Waals surface area contributed by atoms with Crippen LogP contribution in [0.25, 0.3) is 77.2 Å². The highest BCUT2D eigenvalue weighted by Crippen LogP contribution is 2.44. The summed E-state index contributed by atoms with van der Waals surface area (Å²) in [7, 11) is 0. The SMILES string of the molecule is N#Cc1ccc(-c2ccccc2-c2cccc3c2c2ccccc2n3-c2ccccc2)c(-n2c3ccccc3c3ccccc32)c1. The van der Waals surface area contributed by atoms with Gasteiger partial charge >= 0.3 is 0 Å². The van der Waals surface area contributed by atoms with Gasteiger partial charge in [-0.1, -0.05) is 115 Å². The zero-order valence-electron chi connectivity index (χ0n) is 24.9. The van der Waals surface area contributed by atoms with Crippen molar-refractivity contribution in [2.45, 2.75) is 0 Å². The molecule has 0 bridgehead atoms. The molecule has 0 saturated carbocycles. The number of nitrogens with zero attached hydrogens (tertiary/aromatic N) is 3. The molecule has 0 N–H and O–H groups in total. The van der Waals surface area contributed by atoms with Crippen LogP contribution in [0.2, 0.25) is 0 Å². The molecule has 9 aromatic rings. The summed E-state index contributed by atoms with van der Waals surface area (Å²) >= 11 is 0. The van der Waals surface area contributed by atoms with Gasteiger partial charge in [0, 0.05) is 32.8 Å². The lowest BCUT2D eigenvalue weighted by molar-refractivity contribution is 1.18. The van der Waals surface area contributed by atoms with E-state index in [0.717, 1.165) is 39.1 Å². The summed E-state index contributed by atoms with van der Waals surface area (Å²) < 4.78 is 4.68. The minimum atomic E-state index is 0.631. The van der Waals surface area contributed by atoms with Crippen molar-refractivity contribution in [2.24, 2.45) is 0 Å². The van der Waals surface area contributed by atoms with Crippen molar-refractivity contribution in [2.75, 3.05) is 0 Å². The first-order chi connectivity index (χ1) is 22.8. The number of hydrogen-bond donors (Lipinski definition) is 0. The lowest BCUT2D eigenvalue weighted by Gasteiger charge is -2.18. The maximum Gasteiger partial charge on any atom is 0.0992 e. The Kier molecular flexibility index (Phi) is 5.88. The highest BCUT2D eigenvalue weighted by molar-refractivity contribution is 6.17. The summed E-state index contributed by atoms with van der Waals surface area (Å²) in [6, 6.07) is 60.1. The Balaban J connectivity index is 1.36. The summed E-state index contributed by atoms with van der Waals surface area (Å²) in [5.41, 5.74) is 11.9. The van der Waals surface area contributed by atoms with Gasteiger partial charge in [-0.2, -0.15) is 5.26 Å². The summed E-state index contributed by atoms with van der Waals surface area (Å²) in [5, 5.41) is 14.9. The Morgan fingerprint density at radius 2 is 0.913 bits per heavy atom. The predicted molar refractivity (Wildman–Crippen MR) is 191 cm³/mol. The molecular formula is C43H27N3. The van der Waals surface area contributed by atoms with Crippen LogP contribution in [-0.2, 0) is 0 Å². The van der Waals surface area contributed by atoms with E-state index in [1.807, 2.05) is 12.1 Å². The van der Waals surface area contributed by atoms with Crippen LogP contribution in [-0.4, -0.2) is 9.13 Å². The zero-order valence-corrected chi connectivity index (χ0v) is 24.9. The number of aromatic nitrogens is 2. The molecule has 0 amide bonds. The normalized spacial score (nSPS) is 11.5. The molecule has 0 saturated heterocycles. The van der Waals surface area contributed by atoms with E-state index in [2.05, 4.69) is 167 Å². The molecule has 214 valence electrons. The van der Waals surface area contributed by atoms with Crippen molar-refractivity contribution >= 4 is 43.6 Å². The smallest absolute Gasteiger partial charge is 0.0992 e. The summed E-state index contributed by atoms with van der Waals surface area (Å²) in [6.07, 6.45) is 0. The van der Waals surface area contributed by atoms with Gasteiger partial charge in [-0.3, -0.25) is 0 Å². The van der Waals surface area contributed by atoms with Crippen molar-refractivity contribution in [3.63, 3.8) is 0 Å². The third-order valence-electron chi connectivity index (χ3n) is 9.17. The second-order valence-electron chi connectivity index (χ2n) is 11.6. The number of fused-ring (bicyclic) bond motifs is 6. The van der Waals surface area contributed by atoms with E-state index in [1.54, 1.807) is 0 Å². The standard InChI is InChI=1S/C43H27N3/c44-28-29-25-26-35(42(27-29)46-38-21-9-6-17-33(38)34-18-7-10-22-39(34)46)31-15-4-5-16-32(31)36-20-12-24-41-43(36)37-19-8-11-23-40(37)45(41)30-13-2-1-3-14-30/h1-27H. The van der Waals surface area contributed by atoms with E-state index in [1.165, 1.54) is 38.1 Å². The molecule has 0 aliphatic carbocycles. The average molecular weight is 586 g/mol. The Bertz CT molecular complexity index is 2600. The maximum atomic E-state index is 10.0.